The number of hydrogen-bond donors (Lipinski definition) is 1. The zero-order chi connectivity index (χ0) is 12.5. The van der Waals surface area contributed by atoms with E-state index in [0.717, 1.165) is 12.8 Å². The molecule has 0 bridgehead atoms. The molecule has 17 heavy (non-hydrogen) atoms. The van der Waals surface area contributed by atoms with E-state index in [2.05, 4.69) is 0 Å². The molecule has 1 aliphatic carbocycles. The van der Waals surface area contributed by atoms with Gasteiger partial charge in [0.1, 0.15) is 0 Å². The van der Waals surface area contributed by atoms with Crippen LogP contribution in [0.3, 0.4) is 0 Å². The lowest BCUT2D eigenvalue weighted by Crippen LogP contribution is -2.56. The van der Waals surface area contributed by atoms with Crippen molar-refractivity contribution in [3.8, 4) is 0 Å². The number of ether oxygens (including phenoxy) is 2. The van der Waals surface area contributed by atoms with Crippen LogP contribution >= 0.6 is 0 Å². The van der Waals surface area contributed by atoms with Crippen molar-refractivity contribution in [3.63, 3.8) is 0 Å². The highest BCUT2D eigenvalue weighted by Crippen LogP contribution is 2.37. The summed E-state index contributed by atoms with van der Waals surface area (Å²) >= 11 is 0. The highest BCUT2D eigenvalue weighted by Gasteiger charge is 2.45. The maximum absolute atomic E-state index is 12.4. The normalized spacial score (nSPS) is 32.8. The third-order valence-corrected chi connectivity index (χ3v) is 3.68. The fourth-order valence-electron chi connectivity index (χ4n) is 2.75. The van der Waals surface area contributed by atoms with Crippen molar-refractivity contribution >= 4 is 0 Å². The van der Waals surface area contributed by atoms with E-state index in [9.17, 15) is 8.78 Å². The number of nitrogens with zero attached hydrogens (tertiary/aromatic N) is 1. The van der Waals surface area contributed by atoms with Crippen molar-refractivity contribution in [3.05, 3.63) is 0 Å². The van der Waals surface area contributed by atoms with Gasteiger partial charge in [-0.05, 0) is 13.5 Å². The van der Waals surface area contributed by atoms with Gasteiger partial charge in [-0.1, -0.05) is 0 Å². The van der Waals surface area contributed by atoms with Gasteiger partial charge in [-0.25, -0.2) is 8.78 Å². The summed E-state index contributed by atoms with van der Waals surface area (Å²) in [7, 11) is 1.69. The molecule has 0 radical (unpaired) electrons. The average Bonchev–Trinajstić information content (AvgIpc) is 2.70. The van der Waals surface area contributed by atoms with E-state index >= 15 is 0 Å². The number of nitrogens with two attached hydrogens (primary N) is 1. The Morgan fingerprint density at radius 2 is 2.06 bits per heavy atom. The molecule has 100 valence electrons. The highest BCUT2D eigenvalue weighted by atomic mass is 19.3. The largest absolute Gasteiger partial charge is 0.347 e. The molecule has 1 aliphatic heterocycles. The SMILES string of the molecule is CN(CC(F)F)C1CC2(CCC1N)OCCO2. The molecule has 4 nitrogen and oxygen atoms in total. The standard InChI is InChI=1S/C11H20F2N2O2/c1-15(7-10(12)13)9-6-11(3-2-8(9)14)16-4-5-17-11/h8-10H,2-7,14H2,1H3. The number of hydrogen-bond acceptors (Lipinski definition) is 4. The summed E-state index contributed by atoms with van der Waals surface area (Å²) in [5, 5.41) is 0. The van der Waals surface area contributed by atoms with E-state index in [-0.39, 0.29) is 18.6 Å². The second-order valence-electron chi connectivity index (χ2n) is 4.91. The summed E-state index contributed by atoms with van der Waals surface area (Å²) in [5.74, 6) is -0.573. The predicted molar refractivity (Wildman–Crippen MR) is 58.9 cm³/mol. The minimum absolute atomic E-state index is 0.0859. The topological polar surface area (TPSA) is 47.7 Å². The van der Waals surface area contributed by atoms with Crippen LogP contribution in [0.1, 0.15) is 19.3 Å². The van der Waals surface area contributed by atoms with Gasteiger partial charge in [0.15, 0.2) is 5.79 Å². The molecule has 2 aliphatic rings. The Kier molecular flexibility index (Phi) is 3.97. The first-order valence-corrected chi connectivity index (χ1v) is 6.04. The smallest absolute Gasteiger partial charge is 0.251 e. The minimum Gasteiger partial charge on any atom is -0.347 e. The molecule has 1 saturated carbocycles. The van der Waals surface area contributed by atoms with Gasteiger partial charge < -0.3 is 15.2 Å². The van der Waals surface area contributed by atoms with Gasteiger partial charge in [0.2, 0.25) is 0 Å². The Morgan fingerprint density at radius 1 is 1.41 bits per heavy atom. The number of rotatable bonds is 3. The van der Waals surface area contributed by atoms with Crippen LogP contribution in [-0.4, -0.2) is 56.0 Å². The fourth-order valence-corrected chi connectivity index (χ4v) is 2.75. The molecular formula is C11H20F2N2O2. The summed E-state index contributed by atoms with van der Waals surface area (Å²) in [5.41, 5.74) is 6.01. The third kappa shape index (κ3) is 2.93. The van der Waals surface area contributed by atoms with Gasteiger partial charge in [0.05, 0.1) is 19.8 Å². The van der Waals surface area contributed by atoms with Crippen LogP contribution in [0.2, 0.25) is 0 Å². The molecule has 0 amide bonds. The molecule has 1 saturated heterocycles. The maximum Gasteiger partial charge on any atom is 0.251 e. The van der Waals surface area contributed by atoms with Crippen molar-refractivity contribution in [2.75, 3.05) is 26.8 Å². The molecule has 2 fully saturated rings. The number of halogens is 2. The van der Waals surface area contributed by atoms with E-state index in [0.29, 0.717) is 19.6 Å². The van der Waals surface area contributed by atoms with Crippen molar-refractivity contribution in [1.29, 1.82) is 0 Å². The van der Waals surface area contributed by atoms with Gasteiger partial charge in [-0.3, -0.25) is 4.90 Å². The number of alkyl halides is 2. The molecule has 1 heterocycles. The van der Waals surface area contributed by atoms with Crippen LogP contribution in [0.4, 0.5) is 8.78 Å². The van der Waals surface area contributed by atoms with Crippen LogP contribution in [0.5, 0.6) is 0 Å². The molecular weight excluding hydrogens is 230 g/mol. The molecule has 2 unspecified atom stereocenters. The van der Waals surface area contributed by atoms with Gasteiger partial charge >= 0.3 is 0 Å². The second kappa shape index (κ2) is 5.14. The zero-order valence-electron chi connectivity index (χ0n) is 10.1. The van der Waals surface area contributed by atoms with Crippen LogP contribution in [0, 0.1) is 0 Å². The van der Waals surface area contributed by atoms with E-state index in [1.54, 1.807) is 11.9 Å². The first kappa shape index (κ1) is 13.1. The molecule has 2 N–H and O–H groups in total. The monoisotopic (exact) mass is 250 g/mol. The van der Waals surface area contributed by atoms with E-state index < -0.39 is 12.2 Å². The van der Waals surface area contributed by atoms with Gasteiger partial charge in [0.25, 0.3) is 6.43 Å². The van der Waals surface area contributed by atoms with Crippen molar-refractivity contribution in [2.45, 2.75) is 43.6 Å². The van der Waals surface area contributed by atoms with E-state index in [1.165, 1.54) is 0 Å². The Hall–Kier alpha value is -0.300. The first-order chi connectivity index (χ1) is 8.02. The lowest BCUT2D eigenvalue weighted by molar-refractivity contribution is -0.191. The third-order valence-electron chi connectivity index (χ3n) is 3.68. The summed E-state index contributed by atoms with van der Waals surface area (Å²) in [6.45, 7) is 0.912. The summed E-state index contributed by atoms with van der Waals surface area (Å²) in [6.07, 6.45) is -0.251. The summed E-state index contributed by atoms with van der Waals surface area (Å²) < 4.78 is 36.0. The Balaban J connectivity index is 1.99. The molecule has 2 rings (SSSR count). The Bertz CT molecular complexity index is 260. The predicted octanol–water partition coefficient (Wildman–Crippen LogP) is 0.806. The van der Waals surface area contributed by atoms with Gasteiger partial charge in [0, 0.05) is 24.9 Å². The lowest BCUT2D eigenvalue weighted by Gasteiger charge is -2.43. The lowest BCUT2D eigenvalue weighted by atomic mass is 9.85. The Labute approximate surface area is 100 Å². The molecule has 0 aromatic carbocycles. The molecule has 1 spiro atoms. The van der Waals surface area contributed by atoms with Crippen LogP contribution in [-0.2, 0) is 9.47 Å². The highest BCUT2D eigenvalue weighted by molar-refractivity contribution is 4.94. The second-order valence-corrected chi connectivity index (χ2v) is 4.91. The van der Waals surface area contributed by atoms with Crippen molar-refractivity contribution in [2.24, 2.45) is 5.73 Å². The fraction of sp³-hybridized carbons (Fsp3) is 1.00. The first-order valence-electron chi connectivity index (χ1n) is 6.04. The average molecular weight is 250 g/mol. The maximum atomic E-state index is 12.4. The van der Waals surface area contributed by atoms with E-state index in [4.69, 9.17) is 15.2 Å². The molecule has 0 aromatic rings. The van der Waals surface area contributed by atoms with Gasteiger partial charge in [-0.2, -0.15) is 0 Å². The molecule has 0 aromatic heterocycles. The van der Waals surface area contributed by atoms with Crippen molar-refractivity contribution in [1.82, 2.24) is 4.90 Å². The minimum atomic E-state index is -2.34. The van der Waals surface area contributed by atoms with Crippen LogP contribution < -0.4 is 5.73 Å². The summed E-state index contributed by atoms with van der Waals surface area (Å²) in [6, 6.07) is -0.187. The Morgan fingerprint density at radius 3 is 2.65 bits per heavy atom. The van der Waals surface area contributed by atoms with E-state index in [1.807, 2.05) is 0 Å². The molecule has 6 heteroatoms. The van der Waals surface area contributed by atoms with Crippen LogP contribution in [0.15, 0.2) is 0 Å². The van der Waals surface area contributed by atoms with Crippen molar-refractivity contribution < 1.29 is 18.3 Å². The number of likely N-dealkylation sites (N-methyl/N-ethyl adjacent to an activating group) is 1. The summed E-state index contributed by atoms with van der Waals surface area (Å²) in [4.78, 5) is 1.63. The van der Waals surface area contributed by atoms with Gasteiger partial charge in [-0.15, -0.1) is 0 Å². The van der Waals surface area contributed by atoms with Crippen LogP contribution in [0.25, 0.3) is 0 Å². The molecule has 2 atom stereocenters. The quantitative estimate of drug-likeness (QED) is 0.805. The zero-order valence-corrected chi connectivity index (χ0v) is 10.1.